The van der Waals surface area contributed by atoms with E-state index >= 15 is 0 Å². The molecule has 0 aromatic heterocycles. The second kappa shape index (κ2) is 7.98. The lowest BCUT2D eigenvalue weighted by Crippen LogP contribution is -1.94. The van der Waals surface area contributed by atoms with E-state index in [9.17, 15) is 9.59 Å². The first kappa shape index (κ1) is 14.8. The Hall–Kier alpha value is -2.22. The van der Waals surface area contributed by atoms with E-state index in [1.807, 2.05) is 67.6 Å². The summed E-state index contributed by atoms with van der Waals surface area (Å²) in [4.78, 5) is 21.7. The van der Waals surface area contributed by atoms with E-state index in [0.717, 1.165) is 11.1 Å². The predicted molar refractivity (Wildman–Crippen MR) is 77.5 cm³/mol. The molecule has 2 aromatic rings. The molecule has 0 saturated heterocycles. The molecule has 2 rings (SSSR count). The fourth-order valence-electron chi connectivity index (χ4n) is 1.50. The van der Waals surface area contributed by atoms with E-state index in [4.69, 9.17) is 0 Å². The molecule has 0 radical (unpaired) electrons. The molecule has 2 aromatic carbocycles. The van der Waals surface area contributed by atoms with Crippen LogP contribution in [0.25, 0.3) is 0 Å². The minimum Gasteiger partial charge on any atom is -0.295 e. The zero-order valence-electron chi connectivity index (χ0n) is 11.3. The molecule has 0 unspecified atom stereocenters. The fourth-order valence-corrected chi connectivity index (χ4v) is 1.50. The summed E-state index contributed by atoms with van der Waals surface area (Å²) in [7, 11) is 0. The van der Waals surface area contributed by atoms with Crippen LogP contribution in [-0.2, 0) is 0 Å². The molecular formula is C17H18O2. The summed E-state index contributed by atoms with van der Waals surface area (Å²) in [5.41, 5.74) is 1.59. The van der Waals surface area contributed by atoms with E-state index in [-0.39, 0.29) is 11.6 Å². The standard InChI is InChI=1S/C9H10O.C8H8O/c1-2-9(10)8-6-4-3-5-7-8;1-7(9)8-5-3-2-4-6-8/h3-7H,2H2,1H3;2-6H,1H3. The highest BCUT2D eigenvalue weighted by Crippen LogP contribution is 2.01. The number of rotatable bonds is 3. The summed E-state index contributed by atoms with van der Waals surface area (Å²) in [6.45, 7) is 3.44. The monoisotopic (exact) mass is 254 g/mol. The third-order valence-corrected chi connectivity index (χ3v) is 2.60. The molecule has 0 aliphatic heterocycles. The predicted octanol–water partition coefficient (Wildman–Crippen LogP) is 4.17. The third kappa shape index (κ3) is 5.30. The van der Waals surface area contributed by atoms with Crippen LogP contribution in [0.2, 0.25) is 0 Å². The van der Waals surface area contributed by atoms with Crippen molar-refractivity contribution in [3.8, 4) is 0 Å². The first-order valence-electron chi connectivity index (χ1n) is 6.29. The van der Waals surface area contributed by atoms with Crippen molar-refractivity contribution in [1.82, 2.24) is 0 Å². The summed E-state index contributed by atoms with van der Waals surface area (Å²) in [6.07, 6.45) is 0.587. The summed E-state index contributed by atoms with van der Waals surface area (Å²) >= 11 is 0. The van der Waals surface area contributed by atoms with Crippen molar-refractivity contribution >= 4 is 11.6 Å². The van der Waals surface area contributed by atoms with Crippen molar-refractivity contribution in [1.29, 1.82) is 0 Å². The van der Waals surface area contributed by atoms with Crippen LogP contribution >= 0.6 is 0 Å². The maximum Gasteiger partial charge on any atom is 0.162 e. The van der Waals surface area contributed by atoms with Crippen LogP contribution in [0.3, 0.4) is 0 Å². The van der Waals surface area contributed by atoms with Gasteiger partial charge in [-0.25, -0.2) is 0 Å². The third-order valence-electron chi connectivity index (χ3n) is 2.60. The van der Waals surface area contributed by atoms with E-state index in [1.54, 1.807) is 6.92 Å². The van der Waals surface area contributed by atoms with Crippen molar-refractivity contribution in [2.45, 2.75) is 20.3 Å². The topological polar surface area (TPSA) is 34.1 Å². The Balaban J connectivity index is 0.000000191. The van der Waals surface area contributed by atoms with Gasteiger partial charge in [-0.15, -0.1) is 0 Å². The Kier molecular flexibility index (Phi) is 6.23. The van der Waals surface area contributed by atoms with Crippen molar-refractivity contribution in [2.24, 2.45) is 0 Å². The molecule has 0 amide bonds. The van der Waals surface area contributed by atoms with Crippen molar-refractivity contribution < 1.29 is 9.59 Å². The number of ketones is 2. The van der Waals surface area contributed by atoms with Crippen LogP contribution < -0.4 is 0 Å². The second-order valence-electron chi connectivity index (χ2n) is 4.06. The highest BCUT2D eigenvalue weighted by molar-refractivity contribution is 5.95. The Morgan fingerprint density at radius 1 is 0.789 bits per heavy atom. The van der Waals surface area contributed by atoms with E-state index < -0.39 is 0 Å². The molecule has 0 spiro atoms. The van der Waals surface area contributed by atoms with Gasteiger partial charge in [0, 0.05) is 17.5 Å². The maximum atomic E-state index is 11.0. The van der Waals surface area contributed by atoms with Gasteiger partial charge in [-0.05, 0) is 6.92 Å². The van der Waals surface area contributed by atoms with Crippen molar-refractivity contribution in [3.63, 3.8) is 0 Å². The minimum absolute atomic E-state index is 0.121. The number of Topliss-reactive ketones (excluding diaryl/α,β-unsaturated/α-hetero) is 2. The second-order valence-corrected chi connectivity index (χ2v) is 4.06. The molecule has 0 bridgehead atoms. The Morgan fingerprint density at radius 2 is 1.21 bits per heavy atom. The summed E-state index contributed by atoms with van der Waals surface area (Å²) in [6, 6.07) is 18.6. The lowest BCUT2D eigenvalue weighted by molar-refractivity contribution is 0.0986. The molecule has 0 aliphatic rings. The van der Waals surface area contributed by atoms with Gasteiger partial charge in [0.25, 0.3) is 0 Å². The SMILES string of the molecule is CC(=O)c1ccccc1.CCC(=O)c1ccccc1. The van der Waals surface area contributed by atoms with Crippen LogP contribution in [0.5, 0.6) is 0 Å². The number of carbonyl (C=O) groups excluding carboxylic acids is 2. The normalized spacial score (nSPS) is 9.16. The van der Waals surface area contributed by atoms with Gasteiger partial charge in [0.15, 0.2) is 11.6 Å². The minimum atomic E-state index is 0.121. The fraction of sp³-hybridized carbons (Fsp3) is 0.176. The highest BCUT2D eigenvalue weighted by Gasteiger charge is 1.98. The van der Waals surface area contributed by atoms with Crippen LogP contribution in [-0.4, -0.2) is 11.6 Å². The number of hydrogen-bond acceptors (Lipinski definition) is 2. The van der Waals surface area contributed by atoms with E-state index in [2.05, 4.69) is 0 Å². The zero-order chi connectivity index (χ0) is 14.1. The summed E-state index contributed by atoms with van der Waals surface area (Å²) in [5.74, 6) is 0.330. The van der Waals surface area contributed by atoms with Crippen LogP contribution in [0.4, 0.5) is 0 Å². The molecule has 0 N–H and O–H groups in total. The Bertz CT molecular complexity index is 515. The van der Waals surface area contributed by atoms with Crippen LogP contribution in [0.15, 0.2) is 60.7 Å². The van der Waals surface area contributed by atoms with Gasteiger partial charge < -0.3 is 0 Å². The molecular weight excluding hydrogens is 236 g/mol. The summed E-state index contributed by atoms with van der Waals surface area (Å²) < 4.78 is 0. The molecule has 98 valence electrons. The van der Waals surface area contributed by atoms with Crippen molar-refractivity contribution in [3.05, 3.63) is 71.8 Å². The smallest absolute Gasteiger partial charge is 0.162 e. The Labute approximate surface area is 114 Å². The van der Waals surface area contributed by atoms with Gasteiger partial charge in [-0.3, -0.25) is 9.59 Å². The van der Waals surface area contributed by atoms with E-state index in [0.29, 0.717) is 6.42 Å². The first-order chi connectivity index (χ1) is 9.15. The first-order valence-corrected chi connectivity index (χ1v) is 6.29. The molecule has 0 aliphatic carbocycles. The molecule has 2 heteroatoms. The van der Waals surface area contributed by atoms with Gasteiger partial charge in [0.1, 0.15) is 0 Å². The molecule has 0 fully saturated rings. The van der Waals surface area contributed by atoms with Gasteiger partial charge >= 0.3 is 0 Å². The lowest BCUT2D eigenvalue weighted by atomic mass is 10.1. The van der Waals surface area contributed by atoms with Crippen LogP contribution in [0, 0.1) is 0 Å². The molecule has 0 saturated carbocycles. The van der Waals surface area contributed by atoms with Crippen LogP contribution in [0.1, 0.15) is 41.0 Å². The lowest BCUT2D eigenvalue weighted by Gasteiger charge is -1.93. The zero-order valence-corrected chi connectivity index (χ0v) is 11.3. The largest absolute Gasteiger partial charge is 0.295 e. The van der Waals surface area contributed by atoms with E-state index in [1.165, 1.54) is 0 Å². The quantitative estimate of drug-likeness (QED) is 0.770. The number of carbonyl (C=O) groups is 2. The van der Waals surface area contributed by atoms with Gasteiger partial charge in [-0.2, -0.15) is 0 Å². The van der Waals surface area contributed by atoms with Gasteiger partial charge in [0.2, 0.25) is 0 Å². The average molecular weight is 254 g/mol. The number of benzene rings is 2. The molecule has 19 heavy (non-hydrogen) atoms. The molecule has 0 atom stereocenters. The number of hydrogen-bond donors (Lipinski definition) is 0. The molecule has 2 nitrogen and oxygen atoms in total. The maximum absolute atomic E-state index is 11.0. The highest BCUT2D eigenvalue weighted by atomic mass is 16.1. The van der Waals surface area contributed by atoms with Gasteiger partial charge in [0.05, 0.1) is 0 Å². The Morgan fingerprint density at radius 3 is 1.53 bits per heavy atom. The summed E-state index contributed by atoms with van der Waals surface area (Å²) in [5, 5.41) is 0. The average Bonchev–Trinajstić information content (AvgIpc) is 2.49. The van der Waals surface area contributed by atoms with Gasteiger partial charge in [-0.1, -0.05) is 67.6 Å². The van der Waals surface area contributed by atoms with Crippen molar-refractivity contribution in [2.75, 3.05) is 0 Å². The molecule has 0 heterocycles.